The number of amides is 1. The van der Waals surface area contributed by atoms with Crippen LogP contribution < -0.4 is 9.47 Å². The van der Waals surface area contributed by atoms with Crippen molar-refractivity contribution in [1.82, 2.24) is 14.5 Å². The van der Waals surface area contributed by atoms with Crippen molar-refractivity contribution in [3.8, 4) is 11.5 Å². The second-order valence-corrected chi connectivity index (χ2v) is 10.2. The van der Waals surface area contributed by atoms with Gasteiger partial charge in [-0.05, 0) is 48.6 Å². The maximum Gasteiger partial charge on any atom is 0.290 e. The second kappa shape index (κ2) is 11.7. The molecule has 0 radical (unpaired) electrons. The Labute approximate surface area is 232 Å². The lowest BCUT2D eigenvalue weighted by Crippen LogP contribution is -2.32. The Morgan fingerprint density at radius 1 is 1.12 bits per heavy atom. The summed E-state index contributed by atoms with van der Waals surface area (Å²) in [5.74, 6) is -0.122. The standard InChI is InChI=1S/C31H33N3O6/c1-20(2)11-16-39-24-10-9-22(18-25(24)38-3)28-27(29(35)26-17-21-7-4-5-8-23(21)40-26)30(36)31(37)34(28)14-6-13-33-15-12-32-19-33/h4-5,7-10,12,15,17-20,28,36H,6,11,13-14,16H2,1-3H3/t28-/m1/s1. The highest BCUT2D eigenvalue weighted by atomic mass is 16.5. The van der Waals surface area contributed by atoms with Crippen molar-refractivity contribution < 1.29 is 28.6 Å². The molecule has 2 aromatic carbocycles. The first-order chi connectivity index (χ1) is 19.4. The van der Waals surface area contributed by atoms with Gasteiger partial charge in [-0.2, -0.15) is 0 Å². The third-order valence-electron chi connectivity index (χ3n) is 7.03. The number of nitrogens with zero attached hydrogens (tertiary/aromatic N) is 3. The van der Waals surface area contributed by atoms with Crippen LogP contribution in [0.5, 0.6) is 11.5 Å². The second-order valence-electron chi connectivity index (χ2n) is 10.2. The number of ketones is 1. The topological polar surface area (TPSA) is 107 Å². The molecular formula is C31H33N3O6. The molecule has 9 nitrogen and oxygen atoms in total. The van der Waals surface area contributed by atoms with Gasteiger partial charge in [0.25, 0.3) is 5.91 Å². The molecule has 2 aromatic heterocycles. The van der Waals surface area contributed by atoms with E-state index in [1.165, 1.54) is 4.90 Å². The van der Waals surface area contributed by atoms with Gasteiger partial charge in [-0.25, -0.2) is 4.98 Å². The van der Waals surface area contributed by atoms with Crippen LogP contribution in [0.2, 0.25) is 0 Å². The summed E-state index contributed by atoms with van der Waals surface area (Å²) < 4.78 is 19.3. The zero-order valence-corrected chi connectivity index (χ0v) is 22.9. The molecule has 1 atom stereocenters. The fraction of sp³-hybridized carbons (Fsp3) is 0.323. The molecule has 0 bridgehead atoms. The lowest BCUT2D eigenvalue weighted by molar-refractivity contribution is -0.129. The molecule has 1 aliphatic rings. The molecule has 0 saturated heterocycles. The molecule has 1 N–H and O–H groups in total. The summed E-state index contributed by atoms with van der Waals surface area (Å²) in [5.41, 5.74) is 1.14. The van der Waals surface area contributed by atoms with Crippen molar-refractivity contribution in [3.63, 3.8) is 0 Å². The quantitative estimate of drug-likeness (QED) is 0.227. The van der Waals surface area contributed by atoms with Crippen LogP contribution in [-0.4, -0.2) is 51.5 Å². The monoisotopic (exact) mass is 543 g/mol. The van der Waals surface area contributed by atoms with Gasteiger partial charge in [0.15, 0.2) is 23.0 Å². The molecule has 208 valence electrons. The molecule has 0 unspecified atom stereocenters. The highest BCUT2D eigenvalue weighted by Crippen LogP contribution is 2.42. The van der Waals surface area contributed by atoms with Gasteiger partial charge in [-0.15, -0.1) is 0 Å². The van der Waals surface area contributed by atoms with E-state index in [0.29, 0.717) is 54.7 Å². The number of para-hydroxylation sites is 1. The van der Waals surface area contributed by atoms with Gasteiger partial charge in [0.1, 0.15) is 5.58 Å². The summed E-state index contributed by atoms with van der Waals surface area (Å²) >= 11 is 0. The van der Waals surface area contributed by atoms with Gasteiger partial charge in [0.2, 0.25) is 5.78 Å². The minimum Gasteiger partial charge on any atom is -0.503 e. The lowest BCUT2D eigenvalue weighted by Gasteiger charge is -2.27. The Morgan fingerprint density at radius 2 is 1.95 bits per heavy atom. The molecule has 1 aliphatic heterocycles. The number of carbonyl (C=O) groups is 2. The molecule has 40 heavy (non-hydrogen) atoms. The Kier molecular flexibility index (Phi) is 7.91. The van der Waals surface area contributed by atoms with Gasteiger partial charge in [-0.3, -0.25) is 9.59 Å². The molecule has 0 spiro atoms. The average molecular weight is 544 g/mol. The van der Waals surface area contributed by atoms with Crippen molar-refractivity contribution in [2.75, 3.05) is 20.3 Å². The zero-order chi connectivity index (χ0) is 28.2. The molecule has 0 aliphatic carbocycles. The van der Waals surface area contributed by atoms with Gasteiger partial charge in [0, 0.05) is 30.9 Å². The van der Waals surface area contributed by atoms with Crippen molar-refractivity contribution in [2.24, 2.45) is 5.92 Å². The smallest absolute Gasteiger partial charge is 0.290 e. The van der Waals surface area contributed by atoms with E-state index in [0.717, 1.165) is 11.8 Å². The average Bonchev–Trinajstić information content (AvgIpc) is 3.68. The minimum atomic E-state index is -0.838. The molecule has 3 heterocycles. The SMILES string of the molecule is COc1cc([C@@H]2C(C(=O)c3cc4ccccc4o3)=C(O)C(=O)N2CCCn2ccnc2)ccc1OCCC(C)C. The fourth-order valence-electron chi connectivity index (χ4n) is 4.91. The lowest BCUT2D eigenvalue weighted by atomic mass is 9.94. The number of rotatable bonds is 12. The Hall–Kier alpha value is -4.53. The van der Waals surface area contributed by atoms with Crippen LogP contribution in [0.4, 0.5) is 0 Å². The largest absolute Gasteiger partial charge is 0.503 e. The number of ether oxygens (including phenoxy) is 2. The Bertz CT molecular complexity index is 1500. The molecule has 5 rings (SSSR count). The molecule has 1 amide bonds. The van der Waals surface area contributed by atoms with Crippen LogP contribution in [0.3, 0.4) is 0 Å². The summed E-state index contributed by atoms with van der Waals surface area (Å²) in [6.07, 6.45) is 6.72. The summed E-state index contributed by atoms with van der Waals surface area (Å²) in [6.45, 7) is 5.71. The van der Waals surface area contributed by atoms with Gasteiger partial charge in [-0.1, -0.05) is 38.1 Å². The Balaban J connectivity index is 1.49. The fourth-order valence-corrected chi connectivity index (χ4v) is 4.91. The summed E-state index contributed by atoms with van der Waals surface area (Å²) in [5, 5.41) is 11.8. The molecule has 4 aromatic rings. The Morgan fingerprint density at radius 3 is 2.67 bits per heavy atom. The number of hydrogen-bond acceptors (Lipinski definition) is 7. The van der Waals surface area contributed by atoms with Crippen LogP contribution >= 0.6 is 0 Å². The number of aliphatic hydroxyl groups excluding tert-OH is 1. The van der Waals surface area contributed by atoms with E-state index in [1.54, 1.807) is 50.0 Å². The zero-order valence-electron chi connectivity index (χ0n) is 22.9. The van der Waals surface area contributed by atoms with Crippen molar-refractivity contribution in [1.29, 1.82) is 0 Å². The minimum absolute atomic E-state index is 0.0257. The number of imidazole rings is 1. The number of hydrogen-bond donors (Lipinski definition) is 1. The van der Waals surface area contributed by atoms with Crippen molar-refractivity contribution in [2.45, 2.75) is 39.3 Å². The van der Waals surface area contributed by atoms with Crippen LogP contribution in [0, 0.1) is 5.92 Å². The van der Waals surface area contributed by atoms with Gasteiger partial charge in [0.05, 0.1) is 31.7 Å². The number of furan rings is 1. The number of carbonyl (C=O) groups excluding carboxylic acids is 2. The normalized spacial score (nSPS) is 15.4. The number of benzene rings is 2. The van der Waals surface area contributed by atoms with E-state index in [2.05, 4.69) is 18.8 Å². The number of Topliss-reactive ketones (excluding diaryl/α,β-unsaturated/α-hetero) is 1. The van der Waals surface area contributed by atoms with Crippen LogP contribution in [0.25, 0.3) is 11.0 Å². The van der Waals surface area contributed by atoms with Gasteiger partial charge < -0.3 is 28.5 Å². The maximum absolute atomic E-state index is 13.8. The number of fused-ring (bicyclic) bond motifs is 1. The van der Waals surface area contributed by atoms with E-state index < -0.39 is 23.5 Å². The first-order valence-electron chi connectivity index (χ1n) is 13.4. The van der Waals surface area contributed by atoms with E-state index in [4.69, 9.17) is 13.9 Å². The molecule has 0 fully saturated rings. The van der Waals surface area contributed by atoms with Crippen molar-refractivity contribution in [3.05, 3.63) is 89.9 Å². The first kappa shape index (κ1) is 27.1. The number of aromatic nitrogens is 2. The van der Waals surface area contributed by atoms with Gasteiger partial charge >= 0.3 is 0 Å². The van der Waals surface area contributed by atoms with Crippen LogP contribution in [0.15, 0.2) is 83.0 Å². The van der Waals surface area contributed by atoms with Crippen LogP contribution in [0.1, 0.15) is 48.8 Å². The van der Waals surface area contributed by atoms with E-state index in [1.807, 2.05) is 29.0 Å². The third-order valence-corrected chi connectivity index (χ3v) is 7.03. The van der Waals surface area contributed by atoms with Crippen molar-refractivity contribution >= 4 is 22.7 Å². The molecule has 9 heteroatoms. The number of aryl methyl sites for hydroxylation is 1. The molecule has 0 saturated carbocycles. The maximum atomic E-state index is 13.8. The summed E-state index contributed by atoms with van der Waals surface area (Å²) in [7, 11) is 1.55. The first-order valence-corrected chi connectivity index (χ1v) is 13.4. The summed E-state index contributed by atoms with van der Waals surface area (Å²) in [4.78, 5) is 32.8. The molecular weight excluding hydrogens is 510 g/mol. The summed E-state index contributed by atoms with van der Waals surface area (Å²) in [6, 6.07) is 13.4. The highest BCUT2D eigenvalue weighted by molar-refractivity contribution is 6.16. The van der Waals surface area contributed by atoms with Crippen LogP contribution in [-0.2, 0) is 11.3 Å². The van der Waals surface area contributed by atoms with E-state index >= 15 is 0 Å². The predicted molar refractivity (Wildman–Crippen MR) is 149 cm³/mol. The third kappa shape index (κ3) is 5.45. The van der Waals surface area contributed by atoms with E-state index in [9.17, 15) is 14.7 Å². The number of methoxy groups -OCH3 is 1. The predicted octanol–water partition coefficient (Wildman–Crippen LogP) is 5.73. The number of aliphatic hydroxyl groups is 1. The highest BCUT2D eigenvalue weighted by Gasteiger charge is 2.44. The van der Waals surface area contributed by atoms with E-state index in [-0.39, 0.29) is 11.3 Å².